The zero-order chi connectivity index (χ0) is 26.2. The molecule has 35 heavy (non-hydrogen) atoms. The standard InChI is InChI=1S/C25H33BrClN3O4S/c1-5-15-28-25(32)19(3)29(17-20-11-13-21(26)14-12-20)24(31)10-7-16-30(35(4,33)34)23-9-6-8-22(27)18(23)2/h6,8-9,11-14,19H,5,7,10,15-17H2,1-4H3,(H,28,32)/t19-/m0/s1. The first-order chi connectivity index (χ1) is 16.5. The second kappa shape index (κ2) is 13.3. The summed E-state index contributed by atoms with van der Waals surface area (Å²) in [4.78, 5) is 27.5. The van der Waals surface area contributed by atoms with E-state index in [4.69, 9.17) is 11.6 Å². The Kier molecular flexibility index (Phi) is 11.0. The molecule has 0 spiro atoms. The summed E-state index contributed by atoms with van der Waals surface area (Å²) in [7, 11) is -3.59. The molecule has 1 atom stereocenters. The molecule has 0 fully saturated rings. The number of nitrogens with zero attached hydrogens (tertiary/aromatic N) is 2. The molecule has 7 nitrogen and oxygen atoms in total. The van der Waals surface area contributed by atoms with Gasteiger partial charge in [-0.1, -0.05) is 52.7 Å². The fraction of sp³-hybridized carbons (Fsp3) is 0.440. The third-order valence-electron chi connectivity index (χ3n) is 5.64. The summed E-state index contributed by atoms with van der Waals surface area (Å²) >= 11 is 9.61. The fourth-order valence-electron chi connectivity index (χ4n) is 3.61. The lowest BCUT2D eigenvalue weighted by Crippen LogP contribution is -2.47. The maximum atomic E-state index is 13.3. The Hall–Kier alpha value is -2.10. The van der Waals surface area contributed by atoms with Crippen molar-refractivity contribution in [3.63, 3.8) is 0 Å². The maximum Gasteiger partial charge on any atom is 0.242 e. The molecule has 0 heterocycles. The van der Waals surface area contributed by atoms with E-state index in [9.17, 15) is 18.0 Å². The summed E-state index contributed by atoms with van der Waals surface area (Å²) in [5.74, 6) is -0.437. The van der Waals surface area contributed by atoms with Crippen LogP contribution in [0.1, 0.15) is 44.2 Å². The fourth-order valence-corrected chi connectivity index (χ4v) is 5.06. The molecule has 2 amide bonds. The van der Waals surface area contributed by atoms with E-state index in [-0.39, 0.29) is 37.7 Å². The molecule has 2 rings (SSSR count). The Labute approximate surface area is 222 Å². The van der Waals surface area contributed by atoms with Crippen LogP contribution >= 0.6 is 27.5 Å². The Bertz CT molecular complexity index is 1130. The minimum atomic E-state index is -3.59. The van der Waals surface area contributed by atoms with Crippen LogP contribution in [0, 0.1) is 6.92 Å². The number of amides is 2. The molecule has 0 radical (unpaired) electrons. The lowest BCUT2D eigenvalue weighted by molar-refractivity contribution is -0.140. The molecule has 10 heteroatoms. The van der Waals surface area contributed by atoms with E-state index in [0.29, 0.717) is 22.8 Å². The van der Waals surface area contributed by atoms with Crippen molar-refractivity contribution in [3.8, 4) is 0 Å². The molecule has 2 aromatic carbocycles. The first kappa shape index (κ1) is 29.1. The molecule has 2 aromatic rings. The molecule has 0 saturated carbocycles. The number of anilines is 1. The van der Waals surface area contributed by atoms with Crippen LogP contribution in [0.5, 0.6) is 0 Å². The van der Waals surface area contributed by atoms with Gasteiger partial charge >= 0.3 is 0 Å². The number of hydrogen-bond acceptors (Lipinski definition) is 4. The highest BCUT2D eigenvalue weighted by molar-refractivity contribution is 9.10. The van der Waals surface area contributed by atoms with Crippen LogP contribution in [-0.4, -0.2) is 50.5 Å². The van der Waals surface area contributed by atoms with Crippen LogP contribution in [0.25, 0.3) is 0 Å². The van der Waals surface area contributed by atoms with E-state index in [1.807, 2.05) is 31.2 Å². The number of hydrogen-bond donors (Lipinski definition) is 1. The monoisotopic (exact) mass is 585 g/mol. The lowest BCUT2D eigenvalue weighted by atomic mass is 10.1. The molecular formula is C25H33BrClN3O4S. The number of benzene rings is 2. The van der Waals surface area contributed by atoms with Gasteiger partial charge in [-0.05, 0) is 62.1 Å². The van der Waals surface area contributed by atoms with Crippen molar-refractivity contribution in [1.29, 1.82) is 0 Å². The van der Waals surface area contributed by atoms with Gasteiger partial charge in [0.25, 0.3) is 0 Å². The molecular weight excluding hydrogens is 554 g/mol. The first-order valence-electron chi connectivity index (χ1n) is 11.5. The molecule has 0 aliphatic rings. The minimum Gasteiger partial charge on any atom is -0.354 e. The van der Waals surface area contributed by atoms with Crippen LogP contribution in [-0.2, 0) is 26.2 Å². The largest absolute Gasteiger partial charge is 0.354 e. The summed E-state index contributed by atoms with van der Waals surface area (Å²) in [6.07, 6.45) is 2.31. The topological polar surface area (TPSA) is 86.8 Å². The molecule has 0 aliphatic carbocycles. The predicted molar refractivity (Wildman–Crippen MR) is 145 cm³/mol. The normalized spacial score (nSPS) is 12.2. The number of carbonyl (C=O) groups excluding carboxylic acids is 2. The van der Waals surface area contributed by atoms with Gasteiger partial charge in [-0.15, -0.1) is 0 Å². The van der Waals surface area contributed by atoms with Gasteiger partial charge in [0.05, 0.1) is 11.9 Å². The summed E-state index contributed by atoms with van der Waals surface area (Å²) in [6.45, 7) is 6.36. The Morgan fingerprint density at radius 2 is 1.80 bits per heavy atom. The van der Waals surface area contributed by atoms with Crippen molar-refractivity contribution in [1.82, 2.24) is 10.2 Å². The van der Waals surface area contributed by atoms with Crippen LogP contribution < -0.4 is 9.62 Å². The average molecular weight is 587 g/mol. The molecule has 192 valence electrons. The quantitative estimate of drug-likeness (QED) is 0.383. The van der Waals surface area contributed by atoms with Gasteiger partial charge in [0.2, 0.25) is 21.8 Å². The van der Waals surface area contributed by atoms with Crippen molar-refractivity contribution in [2.24, 2.45) is 0 Å². The number of nitrogens with one attached hydrogen (secondary N) is 1. The van der Waals surface area contributed by atoms with Crippen LogP contribution in [0.3, 0.4) is 0 Å². The zero-order valence-corrected chi connectivity index (χ0v) is 23.7. The van der Waals surface area contributed by atoms with E-state index < -0.39 is 16.1 Å². The number of carbonyl (C=O) groups is 2. The minimum absolute atomic E-state index is 0.0908. The lowest BCUT2D eigenvalue weighted by Gasteiger charge is -2.29. The molecule has 0 unspecified atom stereocenters. The van der Waals surface area contributed by atoms with Crippen LogP contribution in [0.2, 0.25) is 5.02 Å². The van der Waals surface area contributed by atoms with Gasteiger partial charge in [0.15, 0.2) is 0 Å². The maximum absolute atomic E-state index is 13.3. The Balaban J connectivity index is 2.18. The number of sulfonamides is 1. The second-order valence-corrected chi connectivity index (χ2v) is 11.7. The van der Waals surface area contributed by atoms with Crippen molar-refractivity contribution in [2.75, 3.05) is 23.7 Å². The Morgan fingerprint density at radius 1 is 1.14 bits per heavy atom. The van der Waals surface area contributed by atoms with Crippen molar-refractivity contribution in [2.45, 2.75) is 52.6 Å². The third-order valence-corrected chi connectivity index (χ3v) is 7.76. The SMILES string of the molecule is CCCNC(=O)[C@H](C)N(Cc1ccc(Br)cc1)C(=O)CCCN(c1cccc(Cl)c1C)S(C)(=O)=O. The molecule has 0 aromatic heterocycles. The summed E-state index contributed by atoms with van der Waals surface area (Å²) in [5, 5.41) is 3.32. The van der Waals surface area contributed by atoms with E-state index in [2.05, 4.69) is 21.2 Å². The highest BCUT2D eigenvalue weighted by Gasteiger charge is 2.27. The van der Waals surface area contributed by atoms with E-state index in [1.54, 1.807) is 36.9 Å². The smallest absolute Gasteiger partial charge is 0.242 e. The first-order valence-corrected chi connectivity index (χ1v) is 14.5. The van der Waals surface area contributed by atoms with Gasteiger partial charge in [-0.2, -0.15) is 0 Å². The molecule has 0 saturated heterocycles. The van der Waals surface area contributed by atoms with E-state index in [0.717, 1.165) is 22.7 Å². The van der Waals surface area contributed by atoms with Crippen LogP contribution in [0.4, 0.5) is 5.69 Å². The predicted octanol–water partition coefficient (Wildman–Crippen LogP) is 4.90. The van der Waals surface area contributed by atoms with Gasteiger partial charge < -0.3 is 10.2 Å². The number of rotatable bonds is 12. The van der Waals surface area contributed by atoms with Gasteiger partial charge in [0, 0.05) is 35.6 Å². The van der Waals surface area contributed by atoms with E-state index in [1.165, 1.54) is 4.31 Å². The van der Waals surface area contributed by atoms with Crippen molar-refractivity contribution >= 4 is 55.1 Å². The zero-order valence-electron chi connectivity index (χ0n) is 20.6. The van der Waals surface area contributed by atoms with Crippen molar-refractivity contribution in [3.05, 3.63) is 63.1 Å². The molecule has 0 bridgehead atoms. The summed E-state index contributed by atoms with van der Waals surface area (Å²) < 4.78 is 27.2. The Morgan fingerprint density at radius 3 is 2.40 bits per heavy atom. The third kappa shape index (κ3) is 8.51. The van der Waals surface area contributed by atoms with Crippen molar-refractivity contribution < 1.29 is 18.0 Å². The van der Waals surface area contributed by atoms with Crippen LogP contribution in [0.15, 0.2) is 46.9 Å². The number of halogens is 2. The van der Waals surface area contributed by atoms with Gasteiger partial charge in [-0.25, -0.2) is 8.42 Å². The van der Waals surface area contributed by atoms with Gasteiger partial charge in [0.1, 0.15) is 6.04 Å². The highest BCUT2D eigenvalue weighted by atomic mass is 79.9. The van der Waals surface area contributed by atoms with E-state index >= 15 is 0 Å². The second-order valence-electron chi connectivity index (χ2n) is 8.44. The van der Waals surface area contributed by atoms with Gasteiger partial charge in [-0.3, -0.25) is 13.9 Å². The molecule has 0 aliphatic heterocycles. The summed E-state index contributed by atoms with van der Waals surface area (Å²) in [5.41, 5.74) is 2.04. The molecule has 1 N–H and O–H groups in total. The average Bonchev–Trinajstić information content (AvgIpc) is 2.80. The summed E-state index contributed by atoms with van der Waals surface area (Å²) in [6, 6.07) is 12.0. The highest BCUT2D eigenvalue weighted by Crippen LogP contribution is 2.28.